The predicted octanol–water partition coefficient (Wildman–Crippen LogP) is 5.03. The van der Waals surface area contributed by atoms with Crippen molar-refractivity contribution in [2.75, 3.05) is 5.32 Å². The first-order valence-corrected chi connectivity index (χ1v) is 7.87. The van der Waals surface area contributed by atoms with E-state index in [1.807, 2.05) is 18.2 Å². The van der Waals surface area contributed by atoms with Crippen LogP contribution < -0.4 is 10.1 Å². The van der Waals surface area contributed by atoms with Crippen LogP contribution >= 0.6 is 15.9 Å². The second-order valence-electron chi connectivity index (χ2n) is 4.85. The van der Waals surface area contributed by atoms with Crippen LogP contribution in [0.2, 0.25) is 0 Å². The van der Waals surface area contributed by atoms with Gasteiger partial charge in [-0.05, 0) is 42.5 Å². The average Bonchev–Trinajstić information content (AvgIpc) is 2.57. The second-order valence-corrected chi connectivity index (χ2v) is 5.77. The number of hydrogen-bond acceptors (Lipinski definition) is 3. The monoisotopic (exact) mass is 386 g/mol. The number of rotatable bonds is 4. The Morgan fingerprint density at radius 3 is 2.62 bits per heavy atom. The summed E-state index contributed by atoms with van der Waals surface area (Å²) in [6.07, 6.45) is 1.55. The number of carbonyl (C=O) groups is 1. The van der Waals surface area contributed by atoms with E-state index in [0.29, 0.717) is 15.9 Å². The number of nitrogens with one attached hydrogen (secondary N) is 1. The summed E-state index contributed by atoms with van der Waals surface area (Å²) < 4.78 is 20.1. The smallest absolute Gasteiger partial charge is 0.258 e. The van der Waals surface area contributed by atoms with Crippen molar-refractivity contribution in [2.24, 2.45) is 0 Å². The molecule has 1 N–H and O–H groups in total. The molecule has 1 amide bonds. The van der Waals surface area contributed by atoms with E-state index in [-0.39, 0.29) is 11.4 Å². The van der Waals surface area contributed by atoms with Crippen molar-refractivity contribution in [3.63, 3.8) is 0 Å². The highest BCUT2D eigenvalue weighted by atomic mass is 79.9. The lowest BCUT2D eigenvalue weighted by atomic mass is 10.2. The topological polar surface area (TPSA) is 51.2 Å². The van der Waals surface area contributed by atoms with E-state index >= 15 is 0 Å². The Morgan fingerprint density at radius 2 is 1.88 bits per heavy atom. The molecule has 4 nitrogen and oxygen atoms in total. The molecular weight excluding hydrogens is 375 g/mol. The van der Waals surface area contributed by atoms with Crippen molar-refractivity contribution in [2.45, 2.75) is 0 Å². The Bertz CT molecular complexity index is 872. The fourth-order valence-electron chi connectivity index (χ4n) is 2.03. The molecule has 0 radical (unpaired) electrons. The fourth-order valence-corrected chi connectivity index (χ4v) is 2.36. The van der Waals surface area contributed by atoms with E-state index in [4.69, 9.17) is 4.74 Å². The molecule has 0 atom stereocenters. The first-order valence-electron chi connectivity index (χ1n) is 7.08. The Balaban J connectivity index is 1.84. The molecule has 6 heteroatoms. The SMILES string of the molecule is O=C(Nc1cccnc1Oc1ccccc1)c1ccc(Br)cc1F. The van der Waals surface area contributed by atoms with Crippen LogP contribution in [-0.2, 0) is 0 Å². The van der Waals surface area contributed by atoms with Crippen LogP contribution in [0.1, 0.15) is 10.4 Å². The third kappa shape index (κ3) is 3.78. The van der Waals surface area contributed by atoms with E-state index in [1.165, 1.54) is 12.1 Å². The summed E-state index contributed by atoms with van der Waals surface area (Å²) in [6, 6.07) is 16.6. The molecule has 0 bridgehead atoms. The average molecular weight is 387 g/mol. The zero-order chi connectivity index (χ0) is 16.9. The molecule has 3 aromatic rings. The number of amides is 1. The normalized spacial score (nSPS) is 10.2. The molecule has 3 rings (SSSR count). The first-order chi connectivity index (χ1) is 11.6. The maximum absolute atomic E-state index is 13.9. The number of aromatic nitrogens is 1. The van der Waals surface area contributed by atoms with Gasteiger partial charge in [-0.1, -0.05) is 34.1 Å². The zero-order valence-electron chi connectivity index (χ0n) is 12.4. The maximum atomic E-state index is 13.9. The molecule has 0 spiro atoms. The van der Waals surface area contributed by atoms with E-state index in [1.54, 1.807) is 36.5 Å². The third-order valence-corrected chi connectivity index (χ3v) is 3.65. The molecule has 1 heterocycles. The van der Waals surface area contributed by atoms with Crippen LogP contribution in [0.5, 0.6) is 11.6 Å². The molecule has 24 heavy (non-hydrogen) atoms. The Morgan fingerprint density at radius 1 is 1.08 bits per heavy atom. The highest BCUT2D eigenvalue weighted by molar-refractivity contribution is 9.10. The zero-order valence-corrected chi connectivity index (χ0v) is 14.0. The summed E-state index contributed by atoms with van der Waals surface area (Å²) in [4.78, 5) is 16.4. The van der Waals surface area contributed by atoms with Gasteiger partial charge in [-0.2, -0.15) is 0 Å². The molecule has 0 saturated carbocycles. The summed E-state index contributed by atoms with van der Waals surface area (Å²) in [5, 5.41) is 2.63. The van der Waals surface area contributed by atoms with Gasteiger partial charge in [0.25, 0.3) is 5.91 Å². The maximum Gasteiger partial charge on any atom is 0.258 e. The summed E-state index contributed by atoms with van der Waals surface area (Å²) >= 11 is 3.16. The minimum atomic E-state index is -0.615. The van der Waals surface area contributed by atoms with Crippen molar-refractivity contribution in [3.05, 3.63) is 82.7 Å². The second kappa shape index (κ2) is 7.23. The lowest BCUT2D eigenvalue weighted by Gasteiger charge is -2.11. The molecule has 0 aliphatic heterocycles. The van der Waals surface area contributed by atoms with Crippen LogP contribution in [0.3, 0.4) is 0 Å². The Hall–Kier alpha value is -2.73. The van der Waals surface area contributed by atoms with Gasteiger partial charge in [0.1, 0.15) is 17.3 Å². The minimum Gasteiger partial charge on any atom is -0.437 e. The van der Waals surface area contributed by atoms with E-state index in [0.717, 1.165) is 0 Å². The van der Waals surface area contributed by atoms with Crippen LogP contribution in [0.15, 0.2) is 71.3 Å². The highest BCUT2D eigenvalue weighted by Gasteiger charge is 2.15. The molecule has 0 unspecified atom stereocenters. The Labute approximate surface area is 146 Å². The number of pyridine rings is 1. The van der Waals surface area contributed by atoms with Gasteiger partial charge in [0, 0.05) is 10.7 Å². The molecular formula is C18H12BrFN2O2. The Kier molecular flexibility index (Phi) is 4.86. The number of ether oxygens (including phenoxy) is 1. The number of carbonyl (C=O) groups excluding carboxylic acids is 1. The standard InChI is InChI=1S/C18H12BrFN2O2/c19-12-8-9-14(15(20)11-12)17(23)22-16-7-4-10-21-18(16)24-13-5-2-1-3-6-13/h1-11H,(H,22,23). The summed E-state index contributed by atoms with van der Waals surface area (Å²) in [6.45, 7) is 0. The van der Waals surface area contributed by atoms with Crippen molar-refractivity contribution < 1.29 is 13.9 Å². The van der Waals surface area contributed by atoms with Gasteiger partial charge in [-0.15, -0.1) is 0 Å². The van der Waals surface area contributed by atoms with E-state index in [9.17, 15) is 9.18 Å². The van der Waals surface area contributed by atoms with Gasteiger partial charge in [-0.3, -0.25) is 4.79 Å². The summed E-state index contributed by atoms with van der Waals surface area (Å²) in [7, 11) is 0. The van der Waals surface area contributed by atoms with Gasteiger partial charge in [-0.25, -0.2) is 9.37 Å². The number of halogens is 2. The van der Waals surface area contributed by atoms with Gasteiger partial charge in [0.15, 0.2) is 0 Å². The van der Waals surface area contributed by atoms with Crippen molar-refractivity contribution in [3.8, 4) is 11.6 Å². The van der Waals surface area contributed by atoms with Crippen LogP contribution in [0.25, 0.3) is 0 Å². The number of benzene rings is 2. The molecule has 1 aromatic heterocycles. The molecule has 0 aliphatic rings. The number of para-hydroxylation sites is 1. The lowest BCUT2D eigenvalue weighted by Crippen LogP contribution is -2.14. The summed E-state index contributed by atoms with van der Waals surface area (Å²) in [5.41, 5.74) is 0.293. The first kappa shape index (κ1) is 16.1. The lowest BCUT2D eigenvalue weighted by molar-refractivity contribution is 0.102. The summed E-state index contributed by atoms with van der Waals surface area (Å²) in [5.74, 6) is -0.377. The fraction of sp³-hybridized carbons (Fsp3) is 0. The van der Waals surface area contributed by atoms with Crippen LogP contribution in [0, 0.1) is 5.82 Å². The quantitative estimate of drug-likeness (QED) is 0.684. The molecule has 0 fully saturated rings. The van der Waals surface area contributed by atoms with Crippen molar-refractivity contribution >= 4 is 27.5 Å². The van der Waals surface area contributed by atoms with Crippen molar-refractivity contribution in [1.82, 2.24) is 4.98 Å². The molecule has 0 saturated heterocycles. The molecule has 120 valence electrons. The van der Waals surface area contributed by atoms with Crippen LogP contribution in [0.4, 0.5) is 10.1 Å². The van der Waals surface area contributed by atoms with E-state index in [2.05, 4.69) is 26.2 Å². The third-order valence-electron chi connectivity index (χ3n) is 3.15. The van der Waals surface area contributed by atoms with Gasteiger partial charge >= 0.3 is 0 Å². The predicted molar refractivity (Wildman–Crippen MR) is 92.8 cm³/mol. The largest absolute Gasteiger partial charge is 0.437 e. The molecule has 0 aliphatic carbocycles. The number of hydrogen-bond donors (Lipinski definition) is 1. The molecule has 2 aromatic carbocycles. The minimum absolute atomic E-state index is 0.0623. The van der Waals surface area contributed by atoms with Crippen LogP contribution in [-0.4, -0.2) is 10.9 Å². The van der Waals surface area contributed by atoms with Gasteiger partial charge < -0.3 is 10.1 Å². The van der Waals surface area contributed by atoms with Crippen molar-refractivity contribution in [1.29, 1.82) is 0 Å². The number of nitrogens with zero attached hydrogens (tertiary/aromatic N) is 1. The van der Waals surface area contributed by atoms with Gasteiger partial charge in [0.2, 0.25) is 5.88 Å². The van der Waals surface area contributed by atoms with Gasteiger partial charge in [0.05, 0.1) is 5.56 Å². The highest BCUT2D eigenvalue weighted by Crippen LogP contribution is 2.27. The number of anilines is 1. The van der Waals surface area contributed by atoms with E-state index < -0.39 is 11.7 Å².